The minimum absolute atomic E-state index is 0.173. The number of nitrogens with one attached hydrogen (secondary N) is 1. The molecule has 2 atom stereocenters. The number of oxazole rings is 1. The molecule has 2 saturated heterocycles. The molecule has 2 aliphatic heterocycles. The molecule has 0 bridgehead atoms. The van der Waals surface area contributed by atoms with E-state index in [4.69, 9.17) is 9.15 Å². The fraction of sp³-hybridized carbons (Fsp3) is 0.750. The number of aryl methyl sites for hydroxylation is 1. The summed E-state index contributed by atoms with van der Waals surface area (Å²) in [5.74, 6) is 2.29. The third kappa shape index (κ3) is 1.76. The monoisotopic (exact) mass is 222 g/mol. The second-order valence-corrected chi connectivity index (χ2v) is 4.68. The fourth-order valence-corrected chi connectivity index (χ4v) is 2.56. The Morgan fingerprint density at radius 3 is 3.00 bits per heavy atom. The van der Waals surface area contributed by atoms with Crippen LogP contribution in [0.4, 0.5) is 0 Å². The van der Waals surface area contributed by atoms with Crippen molar-refractivity contribution in [2.75, 3.05) is 19.7 Å². The van der Waals surface area contributed by atoms with Gasteiger partial charge in [-0.25, -0.2) is 4.98 Å². The zero-order valence-corrected chi connectivity index (χ0v) is 9.66. The van der Waals surface area contributed by atoms with Gasteiger partial charge in [-0.1, -0.05) is 0 Å². The van der Waals surface area contributed by atoms with Crippen molar-refractivity contribution in [1.82, 2.24) is 10.3 Å². The van der Waals surface area contributed by atoms with Crippen molar-refractivity contribution in [1.29, 1.82) is 0 Å². The van der Waals surface area contributed by atoms with Gasteiger partial charge in [0.25, 0.3) is 0 Å². The Labute approximate surface area is 95.4 Å². The van der Waals surface area contributed by atoms with E-state index in [0.29, 0.717) is 5.92 Å². The van der Waals surface area contributed by atoms with Crippen LogP contribution in [-0.2, 0) is 4.74 Å². The van der Waals surface area contributed by atoms with Gasteiger partial charge in [0.1, 0.15) is 17.6 Å². The molecule has 0 amide bonds. The molecular weight excluding hydrogens is 204 g/mol. The van der Waals surface area contributed by atoms with Gasteiger partial charge in [-0.3, -0.25) is 0 Å². The molecule has 1 aromatic rings. The molecule has 0 spiro atoms. The van der Waals surface area contributed by atoms with Crippen molar-refractivity contribution in [3.8, 4) is 0 Å². The summed E-state index contributed by atoms with van der Waals surface area (Å²) in [6, 6.07) is 0. The van der Waals surface area contributed by atoms with Crippen LogP contribution in [0.5, 0.6) is 0 Å². The number of hydrogen-bond donors (Lipinski definition) is 1. The second-order valence-electron chi connectivity index (χ2n) is 4.68. The lowest BCUT2D eigenvalue weighted by Gasteiger charge is -2.05. The van der Waals surface area contributed by atoms with Crippen molar-refractivity contribution in [3.63, 3.8) is 0 Å². The number of hydrogen-bond acceptors (Lipinski definition) is 4. The molecule has 1 N–H and O–H groups in total. The molecular formula is C12H18N2O2. The number of rotatable bonds is 2. The largest absolute Gasteiger partial charge is 0.445 e. The van der Waals surface area contributed by atoms with Crippen molar-refractivity contribution in [3.05, 3.63) is 17.3 Å². The zero-order valence-electron chi connectivity index (χ0n) is 9.66. The van der Waals surface area contributed by atoms with Gasteiger partial charge in [0.15, 0.2) is 5.89 Å². The molecule has 3 rings (SSSR count). The van der Waals surface area contributed by atoms with Crippen LogP contribution in [0.1, 0.15) is 48.6 Å². The third-order valence-corrected chi connectivity index (χ3v) is 3.49. The van der Waals surface area contributed by atoms with Crippen LogP contribution in [-0.4, -0.2) is 24.7 Å². The molecule has 88 valence electrons. The van der Waals surface area contributed by atoms with Crippen LogP contribution in [0.2, 0.25) is 0 Å². The highest BCUT2D eigenvalue weighted by Crippen LogP contribution is 2.32. The summed E-state index contributed by atoms with van der Waals surface area (Å²) in [6.45, 7) is 4.92. The quantitative estimate of drug-likeness (QED) is 0.830. The van der Waals surface area contributed by atoms with E-state index in [1.807, 2.05) is 6.92 Å². The molecule has 2 aliphatic rings. The Balaban J connectivity index is 1.83. The minimum Gasteiger partial charge on any atom is -0.445 e. The van der Waals surface area contributed by atoms with E-state index < -0.39 is 0 Å². The Morgan fingerprint density at radius 2 is 2.31 bits per heavy atom. The van der Waals surface area contributed by atoms with Crippen molar-refractivity contribution < 1.29 is 9.15 Å². The normalized spacial score (nSPS) is 30.1. The number of aromatic nitrogens is 1. The molecule has 2 unspecified atom stereocenters. The molecule has 16 heavy (non-hydrogen) atoms. The predicted octanol–water partition coefficient (Wildman–Crippen LogP) is 1.91. The molecule has 2 fully saturated rings. The van der Waals surface area contributed by atoms with Crippen LogP contribution in [0.3, 0.4) is 0 Å². The lowest BCUT2D eigenvalue weighted by atomic mass is 10.1. The molecule has 0 aromatic carbocycles. The first-order chi connectivity index (χ1) is 7.84. The zero-order chi connectivity index (χ0) is 11.0. The smallest absolute Gasteiger partial charge is 0.199 e. The van der Waals surface area contributed by atoms with E-state index in [0.717, 1.165) is 56.3 Å². The lowest BCUT2D eigenvalue weighted by Crippen LogP contribution is -2.08. The number of ether oxygens (including phenoxy) is 1. The van der Waals surface area contributed by atoms with Gasteiger partial charge in [-0.15, -0.1) is 0 Å². The Morgan fingerprint density at radius 1 is 1.38 bits per heavy atom. The van der Waals surface area contributed by atoms with Crippen LogP contribution in [0.15, 0.2) is 4.42 Å². The molecule has 4 heteroatoms. The van der Waals surface area contributed by atoms with E-state index in [-0.39, 0.29) is 6.10 Å². The maximum atomic E-state index is 5.78. The summed E-state index contributed by atoms with van der Waals surface area (Å²) >= 11 is 0. The van der Waals surface area contributed by atoms with Crippen molar-refractivity contribution >= 4 is 0 Å². The van der Waals surface area contributed by atoms with E-state index in [9.17, 15) is 0 Å². The summed E-state index contributed by atoms with van der Waals surface area (Å²) in [5, 5.41) is 3.34. The first kappa shape index (κ1) is 10.3. The van der Waals surface area contributed by atoms with E-state index in [1.54, 1.807) is 0 Å². The van der Waals surface area contributed by atoms with Crippen molar-refractivity contribution in [2.45, 2.75) is 38.2 Å². The van der Waals surface area contributed by atoms with E-state index in [1.165, 1.54) is 0 Å². The highest BCUT2D eigenvalue weighted by molar-refractivity contribution is 5.15. The summed E-state index contributed by atoms with van der Waals surface area (Å²) in [4.78, 5) is 4.64. The molecule has 0 saturated carbocycles. The first-order valence-corrected chi connectivity index (χ1v) is 6.14. The first-order valence-electron chi connectivity index (χ1n) is 6.14. The van der Waals surface area contributed by atoms with Crippen LogP contribution >= 0.6 is 0 Å². The van der Waals surface area contributed by atoms with Crippen LogP contribution in [0, 0.1) is 6.92 Å². The molecule has 0 radical (unpaired) electrons. The van der Waals surface area contributed by atoms with Gasteiger partial charge in [0.05, 0.1) is 0 Å². The topological polar surface area (TPSA) is 47.3 Å². The van der Waals surface area contributed by atoms with Gasteiger partial charge < -0.3 is 14.5 Å². The summed E-state index contributed by atoms with van der Waals surface area (Å²) in [7, 11) is 0. The van der Waals surface area contributed by atoms with Gasteiger partial charge in [0.2, 0.25) is 0 Å². The lowest BCUT2D eigenvalue weighted by molar-refractivity contribution is 0.108. The maximum Gasteiger partial charge on any atom is 0.199 e. The standard InChI is InChI=1S/C12H18N2O2/c1-8-11(10-3-2-6-15-10)14-12(16-8)9-4-5-13-7-9/h9-10,13H,2-7H2,1H3. The maximum absolute atomic E-state index is 5.78. The highest BCUT2D eigenvalue weighted by atomic mass is 16.5. The molecule has 0 aliphatic carbocycles. The van der Waals surface area contributed by atoms with Gasteiger partial charge in [0, 0.05) is 19.1 Å². The van der Waals surface area contributed by atoms with Gasteiger partial charge in [-0.2, -0.15) is 0 Å². The second kappa shape index (κ2) is 4.18. The SMILES string of the molecule is Cc1oc(C2CCNC2)nc1C1CCCO1. The van der Waals surface area contributed by atoms with Crippen molar-refractivity contribution in [2.24, 2.45) is 0 Å². The Hall–Kier alpha value is -0.870. The Bertz CT molecular complexity index is 363. The minimum atomic E-state index is 0.173. The fourth-order valence-electron chi connectivity index (χ4n) is 2.56. The molecule has 1 aromatic heterocycles. The van der Waals surface area contributed by atoms with E-state index in [2.05, 4.69) is 10.3 Å². The molecule has 3 heterocycles. The van der Waals surface area contributed by atoms with Gasteiger partial charge in [-0.05, 0) is 32.7 Å². The molecule has 4 nitrogen and oxygen atoms in total. The Kier molecular flexibility index (Phi) is 2.69. The third-order valence-electron chi connectivity index (χ3n) is 3.49. The van der Waals surface area contributed by atoms with Gasteiger partial charge >= 0.3 is 0 Å². The number of nitrogens with zero attached hydrogens (tertiary/aromatic N) is 1. The van der Waals surface area contributed by atoms with Crippen LogP contribution < -0.4 is 5.32 Å². The predicted molar refractivity (Wildman–Crippen MR) is 59.4 cm³/mol. The summed E-state index contributed by atoms with van der Waals surface area (Å²) in [6.07, 6.45) is 3.52. The summed E-state index contributed by atoms with van der Waals surface area (Å²) in [5.41, 5.74) is 1.03. The average Bonchev–Trinajstić information content (AvgIpc) is 2.97. The summed E-state index contributed by atoms with van der Waals surface area (Å²) < 4.78 is 11.4. The highest BCUT2D eigenvalue weighted by Gasteiger charge is 2.28. The average molecular weight is 222 g/mol. The van der Waals surface area contributed by atoms with E-state index >= 15 is 0 Å². The van der Waals surface area contributed by atoms with Crippen LogP contribution in [0.25, 0.3) is 0 Å².